The molecule has 5 rings (SSSR count). The summed E-state index contributed by atoms with van der Waals surface area (Å²) in [5.41, 5.74) is 8.44. The maximum Gasteiger partial charge on any atom is 0.537 e. The molecule has 130 valence electrons. The van der Waals surface area contributed by atoms with Gasteiger partial charge in [0.05, 0.1) is 5.56 Å². The van der Waals surface area contributed by atoms with Crippen molar-refractivity contribution in [3.8, 4) is 11.4 Å². The summed E-state index contributed by atoms with van der Waals surface area (Å²) < 4.78 is 4.90. The minimum atomic E-state index is 0.218. The third-order valence-electron chi connectivity index (χ3n) is 5.85. The molecular formula is C22H25BN3+. The van der Waals surface area contributed by atoms with Crippen molar-refractivity contribution in [1.82, 2.24) is 4.57 Å². The predicted molar refractivity (Wildman–Crippen MR) is 108 cm³/mol. The van der Waals surface area contributed by atoms with Crippen LogP contribution in [0.2, 0.25) is 0 Å². The third kappa shape index (κ3) is 2.05. The molecule has 0 atom stereocenters. The number of rotatable bonds is 3. The van der Waals surface area contributed by atoms with Crippen molar-refractivity contribution in [2.75, 3.05) is 11.4 Å². The minimum absolute atomic E-state index is 0.218. The smallest absolute Gasteiger partial charge is 0.369 e. The normalized spacial score (nSPS) is 14.3. The number of aromatic nitrogens is 2. The Morgan fingerprint density at radius 2 is 1.81 bits per heavy atom. The standard InChI is InChI=1S/C22H25BN3/c1-15(2)13-26-19-10-6-9-18-14-24-11-12-25(22(24)20(18)19)23(26)21-16(3)7-5-8-17(21)4/h5-12,15H,13-14H2,1-4H3/q+1. The van der Waals surface area contributed by atoms with Crippen LogP contribution in [0.25, 0.3) is 11.4 Å². The number of hydrogen-bond acceptors (Lipinski definition) is 1. The highest BCUT2D eigenvalue weighted by Crippen LogP contribution is 2.40. The van der Waals surface area contributed by atoms with Gasteiger partial charge in [-0.25, -0.2) is 4.57 Å². The molecule has 0 N–H and O–H groups in total. The monoisotopic (exact) mass is 342 g/mol. The van der Waals surface area contributed by atoms with Gasteiger partial charge in [0.1, 0.15) is 18.9 Å². The SMILES string of the molecule is Cc1cccc(C)c1B1N(CC(C)C)c2cccc3c2-c2n(cc[n+]21)C3. The number of benzene rings is 2. The molecule has 0 aliphatic carbocycles. The lowest BCUT2D eigenvalue weighted by Gasteiger charge is -2.35. The van der Waals surface area contributed by atoms with Crippen LogP contribution in [0.5, 0.6) is 0 Å². The molecule has 0 amide bonds. The fourth-order valence-electron chi connectivity index (χ4n) is 4.84. The number of hydrogen-bond donors (Lipinski definition) is 0. The Balaban J connectivity index is 1.82. The van der Waals surface area contributed by atoms with E-state index in [1.807, 2.05) is 0 Å². The maximum absolute atomic E-state index is 2.63. The fourth-order valence-corrected chi connectivity index (χ4v) is 4.84. The maximum atomic E-state index is 2.63. The van der Waals surface area contributed by atoms with E-state index in [2.05, 4.69) is 90.3 Å². The van der Waals surface area contributed by atoms with Crippen molar-refractivity contribution >= 4 is 18.1 Å². The lowest BCUT2D eigenvalue weighted by molar-refractivity contribution is -0.523. The average molecular weight is 342 g/mol. The minimum Gasteiger partial charge on any atom is -0.369 e. The second-order valence-corrected chi connectivity index (χ2v) is 8.19. The van der Waals surface area contributed by atoms with Gasteiger partial charge in [0.25, 0.3) is 5.82 Å². The van der Waals surface area contributed by atoms with Crippen molar-refractivity contribution in [3.05, 3.63) is 65.5 Å². The first kappa shape index (κ1) is 15.7. The summed E-state index contributed by atoms with van der Waals surface area (Å²) in [4.78, 5) is 2.63. The molecule has 26 heavy (non-hydrogen) atoms. The van der Waals surface area contributed by atoms with Gasteiger partial charge >= 0.3 is 6.98 Å². The molecule has 0 saturated heterocycles. The Hall–Kier alpha value is -2.49. The van der Waals surface area contributed by atoms with Gasteiger partial charge in [-0.05, 0) is 37.0 Å². The van der Waals surface area contributed by atoms with Crippen molar-refractivity contribution in [2.45, 2.75) is 34.2 Å². The Morgan fingerprint density at radius 3 is 2.54 bits per heavy atom. The Kier molecular flexibility index (Phi) is 3.33. The Morgan fingerprint density at radius 1 is 1.08 bits per heavy atom. The second-order valence-electron chi connectivity index (χ2n) is 8.19. The van der Waals surface area contributed by atoms with Crippen LogP contribution < -0.4 is 14.8 Å². The molecule has 1 aromatic heterocycles. The predicted octanol–water partition coefficient (Wildman–Crippen LogP) is 3.14. The van der Waals surface area contributed by atoms with Crippen molar-refractivity contribution in [2.24, 2.45) is 5.92 Å². The van der Waals surface area contributed by atoms with Crippen LogP contribution in [0.3, 0.4) is 0 Å². The first-order valence-corrected chi connectivity index (χ1v) is 9.61. The van der Waals surface area contributed by atoms with Crippen molar-refractivity contribution < 1.29 is 4.48 Å². The molecule has 0 saturated carbocycles. The molecule has 2 aliphatic rings. The summed E-state index contributed by atoms with van der Waals surface area (Å²) in [7, 11) is 0. The van der Waals surface area contributed by atoms with E-state index in [0.717, 1.165) is 13.1 Å². The van der Waals surface area contributed by atoms with Crippen molar-refractivity contribution in [1.29, 1.82) is 0 Å². The van der Waals surface area contributed by atoms with Gasteiger partial charge in [-0.3, -0.25) is 4.48 Å². The van der Waals surface area contributed by atoms with Gasteiger partial charge in [0.2, 0.25) is 0 Å². The van der Waals surface area contributed by atoms with Crippen LogP contribution in [0.1, 0.15) is 30.5 Å². The first-order chi connectivity index (χ1) is 12.6. The van der Waals surface area contributed by atoms with E-state index in [1.165, 1.54) is 39.2 Å². The van der Waals surface area contributed by atoms with E-state index >= 15 is 0 Å². The van der Waals surface area contributed by atoms with Gasteiger partial charge in [-0.15, -0.1) is 0 Å². The zero-order valence-corrected chi connectivity index (χ0v) is 16.0. The molecule has 0 radical (unpaired) electrons. The summed E-state index contributed by atoms with van der Waals surface area (Å²) in [6.45, 7) is 11.4. The highest BCUT2D eigenvalue weighted by atomic mass is 15.3. The highest BCUT2D eigenvalue weighted by molar-refractivity contribution is 6.70. The zero-order valence-electron chi connectivity index (χ0n) is 16.0. The first-order valence-electron chi connectivity index (χ1n) is 9.61. The van der Waals surface area contributed by atoms with Crippen LogP contribution in [-0.4, -0.2) is 18.1 Å². The molecule has 0 spiro atoms. The van der Waals surface area contributed by atoms with E-state index in [9.17, 15) is 0 Å². The van der Waals surface area contributed by atoms with E-state index < -0.39 is 0 Å². The number of imidazole rings is 1. The number of aryl methyl sites for hydroxylation is 2. The van der Waals surface area contributed by atoms with Gasteiger partial charge in [0.15, 0.2) is 0 Å². The molecule has 2 aromatic carbocycles. The number of nitrogens with zero attached hydrogens (tertiary/aromatic N) is 3. The lowest BCUT2D eigenvalue weighted by atomic mass is 9.60. The molecule has 0 bridgehead atoms. The van der Waals surface area contributed by atoms with E-state index in [-0.39, 0.29) is 6.98 Å². The topological polar surface area (TPSA) is 12.1 Å². The van der Waals surface area contributed by atoms with Gasteiger partial charge in [-0.1, -0.05) is 44.2 Å². The molecule has 3 heterocycles. The summed E-state index contributed by atoms with van der Waals surface area (Å²) in [5, 5.41) is 0. The van der Waals surface area contributed by atoms with Crippen LogP contribution in [0, 0.1) is 19.8 Å². The number of anilines is 1. The molecule has 3 aromatic rings. The second kappa shape index (κ2) is 5.50. The molecular weight excluding hydrogens is 317 g/mol. The Bertz CT molecular complexity index is 998. The van der Waals surface area contributed by atoms with E-state index in [4.69, 9.17) is 0 Å². The zero-order chi connectivity index (χ0) is 18.0. The van der Waals surface area contributed by atoms with Gasteiger partial charge in [0, 0.05) is 23.3 Å². The molecule has 2 aliphatic heterocycles. The van der Waals surface area contributed by atoms with E-state index in [1.54, 1.807) is 0 Å². The summed E-state index contributed by atoms with van der Waals surface area (Å²) in [6, 6.07) is 13.5. The average Bonchev–Trinajstić information content (AvgIpc) is 3.15. The quantitative estimate of drug-likeness (QED) is 0.521. The Labute approximate surface area is 156 Å². The van der Waals surface area contributed by atoms with Crippen LogP contribution in [-0.2, 0) is 6.54 Å². The molecule has 0 unspecified atom stereocenters. The largest absolute Gasteiger partial charge is 0.537 e. The summed E-state index contributed by atoms with van der Waals surface area (Å²) in [5.74, 6) is 1.96. The van der Waals surface area contributed by atoms with Crippen molar-refractivity contribution in [3.63, 3.8) is 0 Å². The highest BCUT2D eigenvalue weighted by Gasteiger charge is 2.48. The molecule has 3 nitrogen and oxygen atoms in total. The fraction of sp³-hybridized carbons (Fsp3) is 0.318. The molecule has 0 fully saturated rings. The van der Waals surface area contributed by atoms with Gasteiger partial charge < -0.3 is 4.81 Å². The molecule has 4 heteroatoms. The van der Waals surface area contributed by atoms with Crippen LogP contribution in [0.4, 0.5) is 5.69 Å². The van der Waals surface area contributed by atoms with Gasteiger partial charge in [-0.2, -0.15) is 0 Å². The van der Waals surface area contributed by atoms with E-state index in [0.29, 0.717) is 5.92 Å². The van der Waals surface area contributed by atoms with Crippen LogP contribution >= 0.6 is 0 Å². The third-order valence-corrected chi connectivity index (χ3v) is 5.85. The lowest BCUT2D eigenvalue weighted by Crippen LogP contribution is -2.72. The van der Waals surface area contributed by atoms with Crippen LogP contribution in [0.15, 0.2) is 48.8 Å². The summed E-state index contributed by atoms with van der Waals surface area (Å²) in [6.07, 6.45) is 4.52. The summed E-state index contributed by atoms with van der Waals surface area (Å²) >= 11 is 0.